The third-order valence-electron chi connectivity index (χ3n) is 5.87. The van der Waals surface area contributed by atoms with Crippen molar-refractivity contribution in [2.24, 2.45) is 5.92 Å². The van der Waals surface area contributed by atoms with Crippen molar-refractivity contribution < 1.29 is 19.7 Å². The van der Waals surface area contributed by atoms with Crippen LogP contribution in [-0.2, 0) is 6.54 Å². The maximum Gasteiger partial charge on any atom is 0.407 e. The highest BCUT2D eigenvalue weighted by atomic mass is 16.5. The monoisotopic (exact) mass is 437 g/mol. The van der Waals surface area contributed by atoms with Crippen LogP contribution in [0.2, 0.25) is 0 Å². The maximum atomic E-state index is 12.2. The van der Waals surface area contributed by atoms with E-state index >= 15 is 0 Å². The van der Waals surface area contributed by atoms with Gasteiger partial charge in [0.2, 0.25) is 0 Å². The summed E-state index contributed by atoms with van der Waals surface area (Å²) < 4.78 is 5.30. The third-order valence-corrected chi connectivity index (χ3v) is 5.87. The Balaban J connectivity index is 1.71. The number of rotatable bonds is 7. The van der Waals surface area contributed by atoms with Crippen molar-refractivity contribution in [3.05, 3.63) is 54.4 Å². The molecule has 9 heteroatoms. The number of nitrogens with zero attached hydrogens (tertiary/aromatic N) is 3. The average molecular weight is 438 g/mol. The van der Waals surface area contributed by atoms with E-state index in [9.17, 15) is 15.0 Å². The van der Waals surface area contributed by atoms with Gasteiger partial charge in [-0.2, -0.15) is 0 Å². The lowest BCUT2D eigenvalue weighted by molar-refractivity contribution is 0.0639. The molecule has 4 rings (SSSR count). The number of hydrogen-bond donors (Lipinski definition) is 4. The Hall–Kier alpha value is -3.43. The highest BCUT2D eigenvalue weighted by molar-refractivity contribution is 5.93. The van der Waals surface area contributed by atoms with Crippen LogP contribution < -0.4 is 15.4 Å². The largest absolute Gasteiger partial charge is 0.497 e. The van der Waals surface area contributed by atoms with E-state index < -0.39 is 6.09 Å². The van der Waals surface area contributed by atoms with E-state index in [1.807, 2.05) is 42.5 Å². The molecule has 4 N–H and O–H groups in total. The number of aliphatic hydroxyl groups is 1. The number of carbonyl (C=O) groups is 1. The molecule has 3 aromatic rings. The fourth-order valence-corrected chi connectivity index (χ4v) is 4.26. The summed E-state index contributed by atoms with van der Waals surface area (Å²) in [4.78, 5) is 22.5. The van der Waals surface area contributed by atoms with Crippen LogP contribution in [0.25, 0.3) is 10.9 Å². The van der Waals surface area contributed by atoms with E-state index in [2.05, 4.69) is 20.6 Å². The predicted octanol–water partition coefficient (Wildman–Crippen LogP) is 2.83. The van der Waals surface area contributed by atoms with E-state index in [-0.39, 0.29) is 25.1 Å². The zero-order valence-electron chi connectivity index (χ0n) is 17.9. The van der Waals surface area contributed by atoms with Crippen molar-refractivity contribution in [2.45, 2.75) is 19.0 Å². The molecule has 2 atom stereocenters. The van der Waals surface area contributed by atoms with Gasteiger partial charge in [0.15, 0.2) is 0 Å². The smallest absolute Gasteiger partial charge is 0.407 e. The average Bonchev–Trinajstić information content (AvgIpc) is 2.82. The fourth-order valence-electron chi connectivity index (χ4n) is 4.26. The van der Waals surface area contributed by atoms with Gasteiger partial charge in [0.1, 0.15) is 17.9 Å². The van der Waals surface area contributed by atoms with E-state index in [4.69, 9.17) is 4.74 Å². The Bertz CT molecular complexity index is 1090. The molecule has 0 radical (unpaired) electrons. The van der Waals surface area contributed by atoms with Gasteiger partial charge < -0.3 is 30.5 Å². The Morgan fingerprint density at radius 1 is 1.28 bits per heavy atom. The van der Waals surface area contributed by atoms with Gasteiger partial charge in [-0.1, -0.05) is 18.2 Å². The summed E-state index contributed by atoms with van der Waals surface area (Å²) in [6.45, 7) is 1.41. The van der Waals surface area contributed by atoms with E-state index in [1.165, 1.54) is 11.2 Å². The normalized spacial score (nSPS) is 18.3. The molecule has 1 aliphatic heterocycles. The lowest BCUT2D eigenvalue weighted by Crippen LogP contribution is -2.52. The van der Waals surface area contributed by atoms with Gasteiger partial charge in [-0.3, -0.25) is 0 Å². The molecule has 1 amide bonds. The van der Waals surface area contributed by atoms with Crippen molar-refractivity contribution in [1.29, 1.82) is 0 Å². The molecular weight excluding hydrogens is 410 g/mol. The molecule has 0 spiro atoms. The summed E-state index contributed by atoms with van der Waals surface area (Å²) in [5.74, 6) is 1.15. The summed E-state index contributed by atoms with van der Waals surface area (Å²) in [6, 6.07) is 12.9. The van der Waals surface area contributed by atoms with Crippen LogP contribution in [0, 0.1) is 5.92 Å². The third kappa shape index (κ3) is 4.58. The molecule has 0 unspecified atom stereocenters. The van der Waals surface area contributed by atoms with Gasteiger partial charge in [-0.05, 0) is 36.7 Å². The number of benzene rings is 2. The van der Waals surface area contributed by atoms with E-state index in [0.29, 0.717) is 31.1 Å². The summed E-state index contributed by atoms with van der Waals surface area (Å²) in [7, 11) is 1.61. The first-order valence-electron chi connectivity index (χ1n) is 10.6. The first kappa shape index (κ1) is 21.8. The molecule has 1 aromatic heterocycles. The lowest BCUT2D eigenvalue weighted by Gasteiger charge is -2.38. The van der Waals surface area contributed by atoms with Crippen molar-refractivity contribution >= 4 is 28.5 Å². The molecule has 2 aromatic carbocycles. The topological polar surface area (TPSA) is 120 Å². The van der Waals surface area contributed by atoms with Crippen LogP contribution >= 0.6 is 0 Å². The van der Waals surface area contributed by atoms with Crippen LogP contribution in [0.15, 0.2) is 48.8 Å². The minimum Gasteiger partial charge on any atom is -0.497 e. The second-order valence-electron chi connectivity index (χ2n) is 7.80. The number of amides is 1. The van der Waals surface area contributed by atoms with Crippen LogP contribution in [0.4, 0.5) is 16.3 Å². The quantitative estimate of drug-likeness (QED) is 0.445. The molecule has 2 heterocycles. The summed E-state index contributed by atoms with van der Waals surface area (Å²) >= 11 is 0. The Morgan fingerprint density at radius 3 is 2.91 bits per heavy atom. The SMILES string of the molecule is COc1cccc(Nc2ncnc3cccc(CN(C(=O)O)[C@@H]4CCNC[C@H]4CO)c23)c1. The minimum atomic E-state index is -1.01. The number of carboxylic acid groups (broad SMARTS) is 1. The molecule has 0 aliphatic carbocycles. The van der Waals surface area contributed by atoms with Crippen LogP contribution in [0.3, 0.4) is 0 Å². The highest BCUT2D eigenvalue weighted by Crippen LogP contribution is 2.30. The lowest BCUT2D eigenvalue weighted by atomic mass is 9.92. The number of methoxy groups -OCH3 is 1. The Kier molecular flexibility index (Phi) is 6.67. The van der Waals surface area contributed by atoms with Crippen LogP contribution in [0.5, 0.6) is 5.75 Å². The van der Waals surface area contributed by atoms with Crippen LogP contribution in [0.1, 0.15) is 12.0 Å². The van der Waals surface area contributed by atoms with E-state index in [1.54, 1.807) is 7.11 Å². The second kappa shape index (κ2) is 9.80. The second-order valence-corrected chi connectivity index (χ2v) is 7.80. The number of anilines is 2. The molecule has 0 saturated carbocycles. The molecule has 1 fully saturated rings. The molecule has 0 bridgehead atoms. The Labute approximate surface area is 186 Å². The zero-order chi connectivity index (χ0) is 22.5. The molecule has 32 heavy (non-hydrogen) atoms. The van der Waals surface area contributed by atoms with Crippen molar-refractivity contribution in [2.75, 3.05) is 32.1 Å². The number of aromatic nitrogens is 2. The van der Waals surface area contributed by atoms with Gasteiger partial charge in [0.25, 0.3) is 0 Å². The predicted molar refractivity (Wildman–Crippen MR) is 121 cm³/mol. The molecule has 1 saturated heterocycles. The minimum absolute atomic E-state index is 0.0667. The number of piperidine rings is 1. The molecule has 1 aliphatic rings. The summed E-state index contributed by atoms with van der Waals surface area (Å²) in [5, 5.41) is 27.1. The number of ether oxygens (including phenoxy) is 1. The highest BCUT2D eigenvalue weighted by Gasteiger charge is 2.33. The van der Waals surface area contributed by atoms with Gasteiger partial charge in [-0.25, -0.2) is 14.8 Å². The first-order valence-corrected chi connectivity index (χ1v) is 10.6. The Morgan fingerprint density at radius 2 is 2.12 bits per heavy atom. The first-order chi connectivity index (χ1) is 15.6. The number of aliphatic hydroxyl groups excluding tert-OH is 1. The number of fused-ring (bicyclic) bond motifs is 1. The van der Waals surface area contributed by atoms with Gasteiger partial charge in [0.05, 0.1) is 19.2 Å². The van der Waals surface area contributed by atoms with Gasteiger partial charge in [0, 0.05) is 42.3 Å². The molecule has 9 nitrogen and oxygen atoms in total. The standard InChI is InChI=1S/C23H27N5O4/c1-32-18-6-3-5-17(10-18)27-22-21-15(4-2-7-19(21)25-14-26-22)12-28(23(30)31)20-8-9-24-11-16(20)13-29/h2-7,10,14,16,20,24,29H,8-9,11-13H2,1H3,(H,30,31)(H,25,26,27)/t16-,20+/m0/s1. The maximum absolute atomic E-state index is 12.2. The van der Waals surface area contributed by atoms with E-state index in [0.717, 1.165) is 22.2 Å². The molecular formula is C23H27N5O4. The van der Waals surface area contributed by atoms with Crippen molar-refractivity contribution in [3.8, 4) is 5.75 Å². The number of nitrogens with one attached hydrogen (secondary N) is 2. The van der Waals surface area contributed by atoms with Crippen LogP contribution in [-0.4, -0.2) is 64.0 Å². The molecule has 168 valence electrons. The fraction of sp³-hybridized carbons (Fsp3) is 0.348. The van der Waals surface area contributed by atoms with Crippen molar-refractivity contribution in [3.63, 3.8) is 0 Å². The van der Waals surface area contributed by atoms with Gasteiger partial charge >= 0.3 is 6.09 Å². The summed E-state index contributed by atoms with van der Waals surface area (Å²) in [5.41, 5.74) is 2.32. The van der Waals surface area contributed by atoms with Crippen molar-refractivity contribution in [1.82, 2.24) is 20.2 Å². The zero-order valence-corrected chi connectivity index (χ0v) is 17.9. The summed E-state index contributed by atoms with van der Waals surface area (Å²) in [6.07, 6.45) is 1.12. The number of hydrogen-bond acceptors (Lipinski definition) is 7. The van der Waals surface area contributed by atoms with Gasteiger partial charge in [-0.15, -0.1) is 0 Å².